The molecule has 1 heterocycles. The molecule has 0 spiro atoms. The summed E-state index contributed by atoms with van der Waals surface area (Å²) in [5, 5.41) is 0. The average Bonchev–Trinajstić information content (AvgIpc) is 2.86. The van der Waals surface area contributed by atoms with Gasteiger partial charge >= 0.3 is 0 Å². The van der Waals surface area contributed by atoms with Crippen LogP contribution in [0.3, 0.4) is 0 Å². The number of nitrogens with zero attached hydrogens (tertiary/aromatic N) is 1. The molecule has 164 valence electrons. The molecule has 4 aromatic rings. The summed E-state index contributed by atoms with van der Waals surface area (Å²) in [6, 6.07) is 28.5. The molecular weight excluding hydrogens is 406 g/mol. The van der Waals surface area contributed by atoms with Crippen LogP contribution in [0.4, 0.5) is 5.69 Å². The van der Waals surface area contributed by atoms with Crippen molar-refractivity contribution in [2.45, 2.75) is 18.4 Å². The number of nitrogens with two attached hydrogens (primary N) is 2. The fraction of sp³-hybridized carbons (Fsp3) is 0.138. The number of hydrogen-bond acceptors (Lipinski definition) is 4. The SMILES string of the molecule is COc1ccc(CC2(N)C=Cc3nc(-c4ccccc4)c(-c4ccccc4)c(N)c3C2)cc1. The summed E-state index contributed by atoms with van der Waals surface area (Å²) in [5.41, 5.74) is 21.0. The number of pyridine rings is 1. The molecule has 5 rings (SSSR count). The fourth-order valence-corrected chi connectivity index (χ4v) is 4.56. The molecule has 0 saturated carbocycles. The summed E-state index contributed by atoms with van der Waals surface area (Å²) >= 11 is 0. The summed E-state index contributed by atoms with van der Waals surface area (Å²) in [6.07, 6.45) is 5.43. The molecule has 4 heteroatoms. The Hall–Kier alpha value is -3.89. The van der Waals surface area contributed by atoms with Crippen molar-refractivity contribution < 1.29 is 4.74 Å². The van der Waals surface area contributed by atoms with E-state index >= 15 is 0 Å². The summed E-state index contributed by atoms with van der Waals surface area (Å²) < 4.78 is 5.28. The minimum atomic E-state index is -0.542. The van der Waals surface area contributed by atoms with Crippen LogP contribution in [0, 0.1) is 0 Å². The molecule has 1 aliphatic carbocycles. The van der Waals surface area contributed by atoms with E-state index in [1.165, 1.54) is 0 Å². The summed E-state index contributed by atoms with van der Waals surface area (Å²) in [6.45, 7) is 0. The summed E-state index contributed by atoms with van der Waals surface area (Å²) in [4.78, 5) is 5.08. The van der Waals surface area contributed by atoms with Crippen LogP contribution in [0.15, 0.2) is 91.0 Å². The smallest absolute Gasteiger partial charge is 0.118 e. The number of rotatable bonds is 5. The monoisotopic (exact) mass is 433 g/mol. The first kappa shape index (κ1) is 21.0. The third-order valence-corrected chi connectivity index (χ3v) is 6.25. The lowest BCUT2D eigenvalue weighted by Crippen LogP contribution is -2.44. The van der Waals surface area contributed by atoms with Crippen molar-refractivity contribution in [1.82, 2.24) is 4.98 Å². The second-order valence-corrected chi connectivity index (χ2v) is 8.61. The third-order valence-electron chi connectivity index (χ3n) is 6.25. The second kappa shape index (κ2) is 8.57. The highest BCUT2D eigenvalue weighted by Gasteiger charge is 2.31. The molecule has 33 heavy (non-hydrogen) atoms. The van der Waals surface area contributed by atoms with E-state index in [9.17, 15) is 0 Å². The Kier molecular flexibility index (Phi) is 5.45. The number of ether oxygens (including phenoxy) is 1. The van der Waals surface area contributed by atoms with Crippen LogP contribution < -0.4 is 16.2 Å². The van der Waals surface area contributed by atoms with E-state index in [1.54, 1.807) is 7.11 Å². The van der Waals surface area contributed by atoms with Crippen molar-refractivity contribution in [3.05, 3.63) is 108 Å². The predicted octanol–water partition coefficient (Wildman–Crippen LogP) is 5.52. The molecule has 3 aromatic carbocycles. The van der Waals surface area contributed by atoms with Gasteiger partial charge in [-0.25, -0.2) is 4.98 Å². The Morgan fingerprint density at radius 1 is 0.879 bits per heavy atom. The van der Waals surface area contributed by atoms with Gasteiger partial charge in [-0.3, -0.25) is 0 Å². The van der Waals surface area contributed by atoms with Crippen LogP contribution in [0.25, 0.3) is 28.5 Å². The second-order valence-electron chi connectivity index (χ2n) is 8.61. The third kappa shape index (κ3) is 4.13. The van der Waals surface area contributed by atoms with Crippen molar-refractivity contribution >= 4 is 11.8 Å². The maximum atomic E-state index is 6.88. The van der Waals surface area contributed by atoms with E-state index in [0.717, 1.165) is 50.6 Å². The first-order valence-corrected chi connectivity index (χ1v) is 11.1. The van der Waals surface area contributed by atoms with Gasteiger partial charge in [0.25, 0.3) is 0 Å². The Morgan fingerprint density at radius 3 is 2.15 bits per heavy atom. The molecular formula is C29H27N3O. The molecule has 4 nitrogen and oxygen atoms in total. The minimum Gasteiger partial charge on any atom is -0.497 e. The Morgan fingerprint density at radius 2 is 1.52 bits per heavy atom. The van der Waals surface area contributed by atoms with Gasteiger partial charge in [-0.1, -0.05) is 78.9 Å². The zero-order valence-corrected chi connectivity index (χ0v) is 18.7. The fourth-order valence-electron chi connectivity index (χ4n) is 4.56. The van der Waals surface area contributed by atoms with Crippen molar-refractivity contribution in [3.8, 4) is 28.1 Å². The van der Waals surface area contributed by atoms with E-state index < -0.39 is 5.54 Å². The van der Waals surface area contributed by atoms with Crippen molar-refractivity contribution in [1.29, 1.82) is 0 Å². The largest absolute Gasteiger partial charge is 0.497 e. The van der Waals surface area contributed by atoms with E-state index in [1.807, 2.05) is 54.6 Å². The van der Waals surface area contributed by atoms with Crippen LogP contribution in [0.2, 0.25) is 0 Å². The number of anilines is 1. The van der Waals surface area contributed by atoms with Crippen LogP contribution >= 0.6 is 0 Å². The van der Waals surface area contributed by atoms with Gasteiger partial charge in [-0.15, -0.1) is 0 Å². The molecule has 4 N–H and O–H groups in total. The normalized spacial score (nSPS) is 16.9. The maximum Gasteiger partial charge on any atom is 0.118 e. The van der Waals surface area contributed by atoms with Gasteiger partial charge in [0.05, 0.1) is 18.5 Å². The van der Waals surface area contributed by atoms with Crippen LogP contribution in [-0.4, -0.2) is 17.6 Å². The molecule has 1 unspecified atom stereocenters. The Balaban J connectivity index is 1.59. The molecule has 0 saturated heterocycles. The van der Waals surface area contributed by atoms with Crippen LogP contribution in [0.5, 0.6) is 5.75 Å². The first-order chi connectivity index (χ1) is 16.1. The Bertz CT molecular complexity index is 1300. The number of aromatic nitrogens is 1. The molecule has 1 aromatic heterocycles. The lowest BCUT2D eigenvalue weighted by molar-refractivity contribution is 0.414. The van der Waals surface area contributed by atoms with E-state index in [0.29, 0.717) is 12.8 Å². The van der Waals surface area contributed by atoms with Crippen LogP contribution in [-0.2, 0) is 12.8 Å². The molecule has 0 radical (unpaired) electrons. The average molecular weight is 434 g/mol. The zero-order chi connectivity index (χ0) is 22.8. The molecule has 0 bridgehead atoms. The molecule has 0 fully saturated rings. The van der Waals surface area contributed by atoms with Crippen molar-refractivity contribution in [2.24, 2.45) is 5.73 Å². The number of hydrogen-bond donors (Lipinski definition) is 2. The maximum absolute atomic E-state index is 6.88. The molecule has 0 amide bonds. The Labute approximate surface area is 194 Å². The lowest BCUT2D eigenvalue weighted by atomic mass is 9.79. The van der Waals surface area contributed by atoms with E-state index in [-0.39, 0.29) is 0 Å². The van der Waals surface area contributed by atoms with Gasteiger partial charge < -0.3 is 16.2 Å². The highest BCUT2D eigenvalue weighted by atomic mass is 16.5. The van der Waals surface area contributed by atoms with Gasteiger partial charge in [-0.05, 0) is 42.2 Å². The van der Waals surface area contributed by atoms with Gasteiger partial charge in [0.2, 0.25) is 0 Å². The van der Waals surface area contributed by atoms with Gasteiger partial charge in [-0.2, -0.15) is 0 Å². The standard InChI is InChI=1S/C29H27N3O/c1-33-23-14-12-20(13-15-23)18-29(31)17-16-25-24(19-29)27(30)26(21-8-4-2-5-9-21)28(32-25)22-10-6-3-7-11-22/h2-17H,18-19,31H2,1H3,(H2,30,32). The van der Waals surface area contributed by atoms with Crippen molar-refractivity contribution in [3.63, 3.8) is 0 Å². The summed E-state index contributed by atoms with van der Waals surface area (Å²) in [5.74, 6) is 0.837. The van der Waals surface area contributed by atoms with E-state index in [2.05, 4.69) is 42.5 Å². The number of fused-ring (bicyclic) bond motifs is 1. The van der Waals surface area contributed by atoms with Gasteiger partial charge in [0, 0.05) is 27.9 Å². The predicted molar refractivity (Wildman–Crippen MR) is 136 cm³/mol. The quantitative estimate of drug-likeness (QED) is 0.435. The van der Waals surface area contributed by atoms with Gasteiger partial charge in [0.15, 0.2) is 0 Å². The van der Waals surface area contributed by atoms with Gasteiger partial charge in [0.1, 0.15) is 5.75 Å². The molecule has 1 aliphatic rings. The highest BCUT2D eigenvalue weighted by Crippen LogP contribution is 2.41. The minimum absolute atomic E-state index is 0.542. The molecule has 1 atom stereocenters. The zero-order valence-electron chi connectivity index (χ0n) is 18.7. The number of methoxy groups -OCH3 is 1. The summed E-state index contributed by atoms with van der Waals surface area (Å²) in [7, 11) is 1.67. The number of benzene rings is 3. The molecule has 0 aliphatic heterocycles. The topological polar surface area (TPSA) is 74.2 Å². The van der Waals surface area contributed by atoms with Crippen molar-refractivity contribution in [2.75, 3.05) is 12.8 Å². The lowest BCUT2D eigenvalue weighted by Gasteiger charge is -2.32. The van der Waals surface area contributed by atoms with Crippen LogP contribution in [0.1, 0.15) is 16.8 Å². The highest BCUT2D eigenvalue weighted by molar-refractivity contribution is 5.92. The first-order valence-electron chi connectivity index (χ1n) is 11.1. The number of nitrogen functional groups attached to an aromatic ring is 1. The van der Waals surface area contributed by atoms with E-state index in [4.69, 9.17) is 21.2 Å².